The van der Waals surface area contributed by atoms with Gasteiger partial charge in [-0.25, -0.2) is 4.98 Å². The Hall–Kier alpha value is -0.0800. The smallest absolute Gasteiger partial charge is 0.184 e. The molecule has 0 unspecified atom stereocenters. The lowest BCUT2D eigenvalue weighted by atomic mass is 10.1. The number of hydrogen-bond acceptors (Lipinski definition) is 2. The predicted molar refractivity (Wildman–Crippen MR) is 46.0 cm³/mol. The molecule has 1 rings (SSSR count). The number of halogens is 1. The highest BCUT2D eigenvalue weighted by Gasteiger charge is 2.08. The largest absolute Gasteiger partial charge is 0.230 e. The fourth-order valence-corrected chi connectivity index (χ4v) is 2.08. The van der Waals surface area contributed by atoms with E-state index in [0.717, 1.165) is 5.69 Å². The van der Waals surface area contributed by atoms with Crippen molar-refractivity contribution in [2.75, 3.05) is 0 Å². The minimum atomic E-state index is 0.546. The molecule has 1 aromatic heterocycles. The topological polar surface area (TPSA) is 12.9 Å². The van der Waals surface area contributed by atoms with Crippen LogP contribution in [0.2, 0.25) is 4.47 Å². The van der Waals surface area contributed by atoms with E-state index in [2.05, 4.69) is 18.8 Å². The van der Waals surface area contributed by atoms with Crippen LogP contribution in [0.5, 0.6) is 0 Å². The molecule has 0 aliphatic rings. The zero-order valence-corrected chi connectivity index (χ0v) is 7.88. The molecular formula is C7H10ClNS. The molecule has 3 heteroatoms. The third-order valence-electron chi connectivity index (χ3n) is 1.33. The van der Waals surface area contributed by atoms with Gasteiger partial charge in [-0.2, -0.15) is 0 Å². The second-order valence-electron chi connectivity index (χ2n) is 2.57. The summed E-state index contributed by atoms with van der Waals surface area (Å²) in [4.78, 5) is 5.41. The minimum absolute atomic E-state index is 0.546. The van der Waals surface area contributed by atoms with Crippen molar-refractivity contribution in [3.05, 3.63) is 15.0 Å². The van der Waals surface area contributed by atoms with E-state index < -0.39 is 0 Å². The third kappa shape index (κ3) is 1.50. The van der Waals surface area contributed by atoms with Gasteiger partial charge < -0.3 is 0 Å². The number of thiazole rings is 1. The molecule has 0 radical (unpaired) electrons. The van der Waals surface area contributed by atoms with Gasteiger partial charge in [-0.1, -0.05) is 25.4 Å². The molecule has 0 aliphatic heterocycles. The van der Waals surface area contributed by atoms with Gasteiger partial charge in [0.25, 0.3) is 0 Å². The first-order valence-electron chi connectivity index (χ1n) is 3.24. The van der Waals surface area contributed by atoms with Crippen molar-refractivity contribution in [2.45, 2.75) is 26.7 Å². The molecule has 0 fully saturated rings. The van der Waals surface area contributed by atoms with Crippen LogP contribution in [-0.4, -0.2) is 4.98 Å². The first-order chi connectivity index (χ1) is 4.61. The molecule has 0 saturated heterocycles. The molecule has 0 aromatic carbocycles. The Balaban J connectivity index is 3.03. The van der Waals surface area contributed by atoms with Gasteiger partial charge in [0.2, 0.25) is 0 Å². The van der Waals surface area contributed by atoms with Gasteiger partial charge in [0.1, 0.15) is 0 Å². The number of nitrogens with zero attached hydrogens (tertiary/aromatic N) is 1. The van der Waals surface area contributed by atoms with E-state index in [4.69, 9.17) is 11.6 Å². The molecule has 0 bridgehead atoms. The summed E-state index contributed by atoms with van der Waals surface area (Å²) < 4.78 is 0.654. The Morgan fingerprint density at radius 2 is 2.10 bits per heavy atom. The van der Waals surface area contributed by atoms with E-state index in [0.29, 0.717) is 10.4 Å². The second-order valence-corrected chi connectivity index (χ2v) is 4.18. The van der Waals surface area contributed by atoms with Crippen molar-refractivity contribution < 1.29 is 0 Å². The summed E-state index contributed by atoms with van der Waals surface area (Å²) in [6.45, 7) is 6.30. The summed E-state index contributed by atoms with van der Waals surface area (Å²) in [5, 5.41) is 0. The Labute approximate surface area is 70.1 Å². The zero-order valence-electron chi connectivity index (χ0n) is 6.31. The Bertz CT molecular complexity index is 230. The average molecular weight is 176 g/mol. The van der Waals surface area contributed by atoms with Crippen molar-refractivity contribution in [1.29, 1.82) is 0 Å². The van der Waals surface area contributed by atoms with E-state index in [1.807, 2.05) is 6.92 Å². The molecule has 1 heterocycles. The maximum absolute atomic E-state index is 5.72. The zero-order chi connectivity index (χ0) is 7.72. The van der Waals surface area contributed by atoms with Crippen molar-refractivity contribution >= 4 is 22.9 Å². The van der Waals surface area contributed by atoms with Crippen molar-refractivity contribution in [1.82, 2.24) is 4.98 Å². The fraction of sp³-hybridized carbons (Fsp3) is 0.571. The first kappa shape index (κ1) is 8.02. The van der Waals surface area contributed by atoms with Crippen LogP contribution in [0.15, 0.2) is 0 Å². The number of hydrogen-bond donors (Lipinski definition) is 0. The molecule has 0 N–H and O–H groups in total. The SMILES string of the molecule is Cc1nc(Cl)sc1C(C)C. The van der Waals surface area contributed by atoms with Gasteiger partial charge >= 0.3 is 0 Å². The van der Waals surface area contributed by atoms with Crippen molar-refractivity contribution in [3.8, 4) is 0 Å². The lowest BCUT2D eigenvalue weighted by molar-refractivity contribution is 0.873. The van der Waals surface area contributed by atoms with Crippen LogP contribution in [0.3, 0.4) is 0 Å². The molecule has 0 spiro atoms. The van der Waals surface area contributed by atoms with Crippen LogP contribution in [0, 0.1) is 6.92 Å². The van der Waals surface area contributed by atoms with Gasteiger partial charge in [-0.15, -0.1) is 11.3 Å². The van der Waals surface area contributed by atoms with Crippen LogP contribution in [-0.2, 0) is 0 Å². The van der Waals surface area contributed by atoms with E-state index >= 15 is 0 Å². The average Bonchev–Trinajstić information content (AvgIpc) is 2.10. The molecule has 0 aliphatic carbocycles. The van der Waals surface area contributed by atoms with E-state index in [1.54, 1.807) is 11.3 Å². The number of aryl methyl sites for hydroxylation is 1. The molecule has 1 nitrogen and oxygen atoms in total. The van der Waals surface area contributed by atoms with Gasteiger partial charge in [-0.05, 0) is 12.8 Å². The van der Waals surface area contributed by atoms with Crippen LogP contribution >= 0.6 is 22.9 Å². The van der Waals surface area contributed by atoms with Gasteiger partial charge in [-0.3, -0.25) is 0 Å². The number of rotatable bonds is 1. The Morgan fingerprint density at radius 1 is 1.50 bits per heavy atom. The summed E-state index contributed by atoms with van der Waals surface area (Å²) in [6, 6.07) is 0. The van der Waals surface area contributed by atoms with Crippen LogP contribution in [0.4, 0.5) is 0 Å². The molecule has 10 heavy (non-hydrogen) atoms. The molecule has 0 amide bonds. The highest BCUT2D eigenvalue weighted by Crippen LogP contribution is 2.28. The summed E-state index contributed by atoms with van der Waals surface area (Å²) in [7, 11) is 0. The van der Waals surface area contributed by atoms with E-state index in [9.17, 15) is 0 Å². The Kier molecular flexibility index (Phi) is 2.32. The summed E-state index contributed by atoms with van der Waals surface area (Å²) >= 11 is 7.29. The molecular weight excluding hydrogens is 166 g/mol. The van der Waals surface area contributed by atoms with E-state index in [-0.39, 0.29) is 0 Å². The minimum Gasteiger partial charge on any atom is -0.230 e. The third-order valence-corrected chi connectivity index (χ3v) is 2.89. The van der Waals surface area contributed by atoms with Gasteiger partial charge in [0, 0.05) is 4.88 Å². The van der Waals surface area contributed by atoms with E-state index in [1.165, 1.54) is 4.88 Å². The second kappa shape index (κ2) is 2.89. The van der Waals surface area contributed by atoms with Crippen molar-refractivity contribution in [2.24, 2.45) is 0 Å². The van der Waals surface area contributed by atoms with Crippen LogP contribution in [0.25, 0.3) is 0 Å². The van der Waals surface area contributed by atoms with Crippen LogP contribution < -0.4 is 0 Å². The quantitative estimate of drug-likeness (QED) is 0.639. The highest BCUT2D eigenvalue weighted by atomic mass is 35.5. The summed E-state index contributed by atoms with van der Waals surface area (Å²) in [5.74, 6) is 0.546. The lowest BCUT2D eigenvalue weighted by Crippen LogP contribution is -1.84. The van der Waals surface area contributed by atoms with Gasteiger partial charge in [0.15, 0.2) is 4.47 Å². The summed E-state index contributed by atoms with van der Waals surface area (Å²) in [5.41, 5.74) is 1.07. The molecule has 0 saturated carbocycles. The van der Waals surface area contributed by atoms with Crippen molar-refractivity contribution in [3.63, 3.8) is 0 Å². The summed E-state index contributed by atoms with van der Waals surface area (Å²) in [6.07, 6.45) is 0. The molecule has 56 valence electrons. The monoisotopic (exact) mass is 175 g/mol. The Morgan fingerprint density at radius 3 is 2.30 bits per heavy atom. The fourth-order valence-electron chi connectivity index (χ4n) is 0.910. The highest BCUT2D eigenvalue weighted by molar-refractivity contribution is 7.15. The van der Waals surface area contributed by atoms with Crippen LogP contribution in [0.1, 0.15) is 30.3 Å². The molecule has 0 atom stereocenters. The normalized spacial score (nSPS) is 10.9. The predicted octanol–water partition coefficient (Wildman–Crippen LogP) is 3.23. The van der Waals surface area contributed by atoms with Gasteiger partial charge in [0.05, 0.1) is 5.69 Å². The molecule has 1 aromatic rings. The number of aromatic nitrogens is 1. The maximum Gasteiger partial charge on any atom is 0.184 e. The maximum atomic E-state index is 5.72. The lowest BCUT2D eigenvalue weighted by Gasteiger charge is -1.98. The first-order valence-corrected chi connectivity index (χ1v) is 4.43. The standard InChI is InChI=1S/C7H10ClNS/c1-4(2)6-5(3)9-7(8)10-6/h4H,1-3H3.